The highest BCUT2D eigenvalue weighted by molar-refractivity contribution is 8.14. The molecule has 1 rings (SSSR count). The molecule has 0 aliphatic carbocycles. The van der Waals surface area contributed by atoms with E-state index < -0.39 is 40.5 Å². The molecule has 0 fully saturated rings. The average Bonchev–Trinajstić information content (AvgIpc) is 2.73. The summed E-state index contributed by atoms with van der Waals surface area (Å²) >= 11 is 0.896. The number of ether oxygens (including phenoxy) is 1. The molecule has 9 nitrogen and oxygen atoms in total. The van der Waals surface area contributed by atoms with Gasteiger partial charge < -0.3 is 20.7 Å². The van der Waals surface area contributed by atoms with Crippen LogP contribution in [0, 0.1) is 5.92 Å². The maximum absolute atomic E-state index is 12.8. The molecule has 3 N–H and O–H groups in total. The topological polar surface area (TPSA) is 131 Å². The summed E-state index contributed by atoms with van der Waals surface area (Å²) in [5, 5.41) is 6.86. The molecule has 0 spiro atoms. The van der Waals surface area contributed by atoms with Gasteiger partial charge >= 0.3 is 5.97 Å². The van der Waals surface area contributed by atoms with Gasteiger partial charge in [0.1, 0.15) is 11.6 Å². The zero-order valence-electron chi connectivity index (χ0n) is 19.2. The standard InChI is InChI=1S/C22H31N3O6S/c1-13(2)17(32-14(3)26)19(28)25-22(4,5)21(30)24-16(20(29)31-6)12-23-18(27)15-10-8-7-9-11-15/h7-11,13,16-17H,12H2,1-6H3,(H,23,27)(H,24,30)(H,25,28). The van der Waals surface area contributed by atoms with Gasteiger partial charge in [-0.2, -0.15) is 0 Å². The first-order chi connectivity index (χ1) is 14.9. The van der Waals surface area contributed by atoms with Crippen molar-refractivity contribution >= 4 is 40.6 Å². The van der Waals surface area contributed by atoms with E-state index in [9.17, 15) is 24.0 Å². The predicted molar refractivity (Wildman–Crippen MR) is 122 cm³/mol. The number of esters is 1. The number of hydrogen-bond donors (Lipinski definition) is 3. The highest BCUT2D eigenvalue weighted by Gasteiger charge is 2.36. The van der Waals surface area contributed by atoms with Gasteiger partial charge in [-0.05, 0) is 31.9 Å². The first kappa shape index (κ1) is 27.2. The van der Waals surface area contributed by atoms with Crippen LogP contribution in [0.15, 0.2) is 30.3 Å². The van der Waals surface area contributed by atoms with Gasteiger partial charge in [0.2, 0.25) is 11.8 Å². The molecule has 3 amide bonds. The predicted octanol–water partition coefficient (Wildman–Crippen LogP) is 1.27. The van der Waals surface area contributed by atoms with Gasteiger partial charge in [-0.15, -0.1) is 0 Å². The Morgan fingerprint density at radius 1 is 1.06 bits per heavy atom. The number of carbonyl (C=O) groups excluding carboxylic acids is 5. The summed E-state index contributed by atoms with van der Waals surface area (Å²) in [6, 6.07) is 7.24. The van der Waals surface area contributed by atoms with Gasteiger partial charge in [0, 0.05) is 19.0 Å². The average molecular weight is 466 g/mol. The molecule has 10 heteroatoms. The minimum Gasteiger partial charge on any atom is -0.467 e. The lowest BCUT2D eigenvalue weighted by atomic mass is 10.0. The summed E-state index contributed by atoms with van der Waals surface area (Å²) < 4.78 is 4.73. The summed E-state index contributed by atoms with van der Waals surface area (Å²) in [6.07, 6.45) is 0. The number of benzene rings is 1. The number of nitrogens with one attached hydrogen (secondary N) is 3. The van der Waals surface area contributed by atoms with E-state index in [1.54, 1.807) is 44.2 Å². The van der Waals surface area contributed by atoms with Gasteiger partial charge in [-0.3, -0.25) is 19.2 Å². The molecule has 0 heterocycles. The fourth-order valence-corrected chi connectivity index (χ4v) is 3.46. The molecule has 0 saturated carbocycles. The molecule has 2 atom stereocenters. The number of rotatable bonds is 10. The molecule has 0 saturated heterocycles. The second-order valence-corrected chi connectivity index (χ2v) is 9.33. The third kappa shape index (κ3) is 8.33. The quantitative estimate of drug-likeness (QED) is 0.444. The second-order valence-electron chi connectivity index (χ2n) is 8.01. The molecule has 0 radical (unpaired) electrons. The molecule has 0 aliphatic heterocycles. The smallest absolute Gasteiger partial charge is 0.330 e. The van der Waals surface area contributed by atoms with E-state index in [-0.39, 0.29) is 17.6 Å². The molecule has 176 valence electrons. The van der Waals surface area contributed by atoms with Crippen molar-refractivity contribution in [2.45, 2.75) is 51.4 Å². The first-order valence-electron chi connectivity index (χ1n) is 10.1. The number of methoxy groups -OCH3 is 1. The Bertz CT molecular complexity index is 841. The van der Waals surface area contributed by atoms with Gasteiger partial charge in [-0.1, -0.05) is 43.8 Å². The summed E-state index contributed by atoms with van der Waals surface area (Å²) in [6.45, 7) is 7.73. The van der Waals surface area contributed by atoms with Crippen LogP contribution in [0.5, 0.6) is 0 Å². The van der Waals surface area contributed by atoms with Crippen molar-refractivity contribution in [3.8, 4) is 0 Å². The van der Waals surface area contributed by atoms with Crippen molar-refractivity contribution in [3.63, 3.8) is 0 Å². The third-order valence-corrected chi connectivity index (χ3v) is 5.80. The Balaban J connectivity index is 2.84. The van der Waals surface area contributed by atoms with Crippen molar-refractivity contribution in [3.05, 3.63) is 35.9 Å². The fraction of sp³-hybridized carbons (Fsp3) is 0.500. The van der Waals surface area contributed by atoms with Crippen molar-refractivity contribution in [1.29, 1.82) is 0 Å². The van der Waals surface area contributed by atoms with Crippen LogP contribution in [0.4, 0.5) is 0 Å². The van der Waals surface area contributed by atoms with Crippen molar-refractivity contribution < 1.29 is 28.7 Å². The summed E-state index contributed by atoms with van der Waals surface area (Å²) in [7, 11) is 1.17. The fourth-order valence-electron chi connectivity index (χ4n) is 2.67. The van der Waals surface area contributed by atoms with E-state index >= 15 is 0 Å². The molecule has 2 unspecified atom stereocenters. The van der Waals surface area contributed by atoms with Gasteiger partial charge in [0.15, 0.2) is 5.12 Å². The van der Waals surface area contributed by atoms with Crippen LogP contribution in [0.1, 0.15) is 45.0 Å². The molecular weight excluding hydrogens is 434 g/mol. The first-order valence-corrected chi connectivity index (χ1v) is 11.0. The molecule has 0 bridgehead atoms. The highest BCUT2D eigenvalue weighted by Crippen LogP contribution is 2.21. The number of thioether (sulfide) groups is 1. The Labute approximate surface area is 192 Å². The molecule has 0 aromatic heterocycles. The van der Waals surface area contributed by atoms with Crippen molar-refractivity contribution in [1.82, 2.24) is 16.0 Å². The largest absolute Gasteiger partial charge is 0.467 e. The van der Waals surface area contributed by atoms with Crippen LogP contribution in [-0.4, -0.2) is 59.3 Å². The number of carbonyl (C=O) groups is 5. The van der Waals surface area contributed by atoms with E-state index in [1.165, 1.54) is 27.9 Å². The van der Waals surface area contributed by atoms with E-state index in [2.05, 4.69) is 16.0 Å². The van der Waals surface area contributed by atoms with Crippen molar-refractivity contribution in [2.75, 3.05) is 13.7 Å². The third-order valence-electron chi connectivity index (χ3n) is 4.45. The van der Waals surface area contributed by atoms with Gasteiger partial charge in [0.25, 0.3) is 5.91 Å². The van der Waals surface area contributed by atoms with Crippen LogP contribution < -0.4 is 16.0 Å². The normalized spacial score (nSPS) is 13.0. The highest BCUT2D eigenvalue weighted by atomic mass is 32.2. The molecular formula is C22H31N3O6S. The summed E-state index contributed by atoms with van der Waals surface area (Å²) in [4.78, 5) is 61.4. The Kier molecular flexibility index (Phi) is 10.4. The van der Waals surface area contributed by atoms with Crippen LogP contribution >= 0.6 is 11.8 Å². The number of hydrogen-bond acceptors (Lipinski definition) is 7. The lowest BCUT2D eigenvalue weighted by Gasteiger charge is -2.30. The van der Waals surface area contributed by atoms with E-state index in [1.807, 2.05) is 0 Å². The van der Waals surface area contributed by atoms with Crippen LogP contribution in [0.3, 0.4) is 0 Å². The van der Waals surface area contributed by atoms with Crippen LogP contribution in [0.25, 0.3) is 0 Å². The van der Waals surface area contributed by atoms with E-state index in [4.69, 9.17) is 4.74 Å². The van der Waals surface area contributed by atoms with Crippen molar-refractivity contribution in [2.24, 2.45) is 5.92 Å². The molecule has 1 aromatic rings. The summed E-state index contributed by atoms with van der Waals surface area (Å²) in [5.41, 5.74) is -0.991. The van der Waals surface area contributed by atoms with Gasteiger partial charge in [0.05, 0.1) is 12.4 Å². The Hall–Kier alpha value is -2.88. The SMILES string of the molecule is COC(=O)C(CNC(=O)c1ccccc1)NC(=O)C(C)(C)NC(=O)C(SC(C)=O)C(C)C. The lowest BCUT2D eigenvalue weighted by molar-refractivity contribution is -0.145. The molecule has 0 aliphatic rings. The molecule has 32 heavy (non-hydrogen) atoms. The minimum atomic E-state index is -1.39. The maximum Gasteiger partial charge on any atom is 0.330 e. The summed E-state index contributed by atoms with van der Waals surface area (Å²) in [5.74, 6) is -2.42. The molecule has 1 aromatic carbocycles. The zero-order chi connectivity index (χ0) is 24.5. The minimum absolute atomic E-state index is 0.140. The lowest BCUT2D eigenvalue weighted by Crippen LogP contribution is -2.61. The monoisotopic (exact) mass is 465 g/mol. The van der Waals surface area contributed by atoms with Crippen LogP contribution in [-0.2, 0) is 23.9 Å². The second kappa shape index (κ2) is 12.2. The maximum atomic E-state index is 12.8. The Morgan fingerprint density at radius 2 is 1.66 bits per heavy atom. The van der Waals surface area contributed by atoms with Crippen LogP contribution in [0.2, 0.25) is 0 Å². The zero-order valence-corrected chi connectivity index (χ0v) is 20.0. The van der Waals surface area contributed by atoms with E-state index in [0.29, 0.717) is 5.56 Å². The van der Waals surface area contributed by atoms with E-state index in [0.717, 1.165) is 11.8 Å². The van der Waals surface area contributed by atoms with Gasteiger partial charge in [-0.25, -0.2) is 4.79 Å². The Morgan fingerprint density at radius 3 is 2.16 bits per heavy atom. The number of amides is 3.